The molecular weight excluding hydrogens is 326 g/mol. The lowest BCUT2D eigenvalue weighted by molar-refractivity contribution is -0.111. The molecule has 5 rings (SSSR count). The molecule has 2 atom stereocenters. The second-order valence-electron chi connectivity index (χ2n) is 9.12. The van der Waals surface area contributed by atoms with E-state index in [0.717, 1.165) is 37.3 Å². The Morgan fingerprint density at radius 1 is 1.04 bits per heavy atom. The van der Waals surface area contributed by atoms with Crippen molar-refractivity contribution in [3.05, 3.63) is 29.8 Å². The third kappa shape index (κ3) is 2.81. The summed E-state index contributed by atoms with van der Waals surface area (Å²) >= 11 is 5.48. The number of hydrogen-bond acceptors (Lipinski definition) is 1. The number of thiocarbonyl (C=S) groups is 1. The number of nitrogens with one attached hydrogen (secondary N) is 2. The van der Waals surface area contributed by atoms with Gasteiger partial charge < -0.3 is 10.6 Å². The van der Waals surface area contributed by atoms with Gasteiger partial charge in [-0.05, 0) is 79.6 Å². The van der Waals surface area contributed by atoms with Gasteiger partial charge in [-0.25, -0.2) is 8.78 Å². The molecule has 1 aromatic carbocycles. The maximum atomic E-state index is 13.4. The van der Waals surface area contributed by atoms with Gasteiger partial charge in [-0.1, -0.05) is 13.8 Å². The molecule has 2 nitrogen and oxygen atoms in total. The number of anilines is 1. The highest BCUT2D eigenvalue weighted by Gasteiger charge is 2.60. The molecule has 2 unspecified atom stereocenters. The molecule has 0 aromatic heterocycles. The van der Waals surface area contributed by atoms with Crippen molar-refractivity contribution >= 4 is 23.0 Å². The summed E-state index contributed by atoms with van der Waals surface area (Å²) in [5.74, 6) is -0.936. The van der Waals surface area contributed by atoms with E-state index >= 15 is 0 Å². The molecule has 0 spiro atoms. The Bertz CT molecular complexity index is 687. The molecule has 0 radical (unpaired) electrons. The van der Waals surface area contributed by atoms with Crippen LogP contribution in [0.1, 0.15) is 52.4 Å². The third-order valence-electron chi connectivity index (χ3n) is 6.18. The van der Waals surface area contributed by atoms with Gasteiger partial charge in [0.1, 0.15) is 0 Å². The number of rotatable bonds is 2. The Labute approximate surface area is 147 Å². The van der Waals surface area contributed by atoms with Crippen LogP contribution < -0.4 is 10.6 Å². The molecule has 24 heavy (non-hydrogen) atoms. The molecule has 4 saturated carbocycles. The van der Waals surface area contributed by atoms with Crippen LogP contribution in [0.4, 0.5) is 14.5 Å². The standard InChI is InChI=1S/C19H24F2N2S/c1-17-6-12-7-18(2,9-17)11-19(8-12,10-17)23-16(24)22-13-3-4-14(20)15(21)5-13/h3-5,12H,6-11H2,1-2H3,(H2,22,23,24). The highest BCUT2D eigenvalue weighted by molar-refractivity contribution is 7.80. The van der Waals surface area contributed by atoms with E-state index < -0.39 is 11.6 Å². The van der Waals surface area contributed by atoms with Gasteiger partial charge in [0.05, 0.1) is 0 Å². The van der Waals surface area contributed by atoms with Crippen LogP contribution >= 0.6 is 12.2 Å². The fourth-order valence-corrected chi connectivity index (χ4v) is 6.90. The molecule has 1 aromatic rings. The van der Waals surface area contributed by atoms with Crippen molar-refractivity contribution in [2.45, 2.75) is 57.9 Å². The van der Waals surface area contributed by atoms with Crippen LogP contribution in [-0.4, -0.2) is 10.7 Å². The van der Waals surface area contributed by atoms with Crippen molar-refractivity contribution in [3.63, 3.8) is 0 Å². The molecule has 130 valence electrons. The molecule has 2 N–H and O–H groups in total. The van der Waals surface area contributed by atoms with Gasteiger partial charge >= 0.3 is 0 Å². The highest BCUT2D eigenvalue weighted by Crippen LogP contribution is 2.66. The first-order valence-electron chi connectivity index (χ1n) is 8.73. The normalized spacial score (nSPS) is 39.8. The molecule has 0 aliphatic heterocycles. The maximum Gasteiger partial charge on any atom is 0.171 e. The lowest BCUT2D eigenvalue weighted by Gasteiger charge is -2.65. The average molecular weight is 350 g/mol. The van der Waals surface area contributed by atoms with Crippen molar-refractivity contribution in [1.29, 1.82) is 0 Å². The van der Waals surface area contributed by atoms with E-state index in [0.29, 0.717) is 21.6 Å². The number of halogens is 2. The minimum absolute atomic E-state index is 0.0472. The van der Waals surface area contributed by atoms with Crippen molar-refractivity contribution in [1.82, 2.24) is 5.32 Å². The van der Waals surface area contributed by atoms with Gasteiger partial charge in [0, 0.05) is 17.3 Å². The predicted octanol–water partition coefficient (Wildman–Crippen LogP) is 5.00. The molecule has 4 aliphatic rings. The molecule has 0 saturated heterocycles. The minimum Gasteiger partial charge on any atom is -0.357 e. The average Bonchev–Trinajstić information content (AvgIpc) is 2.37. The first-order valence-corrected chi connectivity index (χ1v) is 9.14. The zero-order chi connectivity index (χ0) is 17.2. The molecule has 4 fully saturated rings. The first-order chi connectivity index (χ1) is 11.2. The van der Waals surface area contributed by atoms with Gasteiger partial charge in [-0.15, -0.1) is 0 Å². The largest absolute Gasteiger partial charge is 0.357 e. The van der Waals surface area contributed by atoms with E-state index in [4.69, 9.17) is 12.2 Å². The zero-order valence-corrected chi connectivity index (χ0v) is 15.0. The lowest BCUT2D eigenvalue weighted by atomic mass is 9.43. The smallest absolute Gasteiger partial charge is 0.171 e. The predicted molar refractivity (Wildman–Crippen MR) is 95.9 cm³/mol. The fraction of sp³-hybridized carbons (Fsp3) is 0.632. The first kappa shape index (κ1) is 16.2. The summed E-state index contributed by atoms with van der Waals surface area (Å²) in [6.45, 7) is 4.83. The summed E-state index contributed by atoms with van der Waals surface area (Å²) < 4.78 is 26.4. The van der Waals surface area contributed by atoms with E-state index in [1.54, 1.807) is 0 Å². The maximum absolute atomic E-state index is 13.4. The summed E-state index contributed by atoms with van der Waals surface area (Å²) in [5, 5.41) is 7.09. The topological polar surface area (TPSA) is 24.1 Å². The van der Waals surface area contributed by atoms with Crippen molar-refractivity contribution < 1.29 is 8.78 Å². The summed E-state index contributed by atoms with van der Waals surface area (Å²) in [7, 11) is 0. The van der Waals surface area contributed by atoms with E-state index in [1.807, 2.05) is 0 Å². The van der Waals surface area contributed by atoms with Crippen molar-refractivity contribution in [3.8, 4) is 0 Å². The van der Waals surface area contributed by atoms with Crippen LogP contribution in [0.5, 0.6) is 0 Å². The van der Waals surface area contributed by atoms with Crippen LogP contribution in [0.15, 0.2) is 18.2 Å². The molecule has 4 bridgehead atoms. The Balaban J connectivity index is 1.50. The second kappa shape index (κ2) is 5.13. The van der Waals surface area contributed by atoms with E-state index in [2.05, 4.69) is 24.5 Å². The third-order valence-corrected chi connectivity index (χ3v) is 6.39. The minimum atomic E-state index is -0.863. The van der Waals surface area contributed by atoms with Gasteiger partial charge in [0.15, 0.2) is 16.7 Å². The monoisotopic (exact) mass is 350 g/mol. The SMILES string of the molecule is CC12CC3CC(C)(C1)CC(NC(=S)Nc1ccc(F)c(F)c1)(C3)C2. The Morgan fingerprint density at radius 3 is 2.29 bits per heavy atom. The van der Waals surface area contributed by atoms with Gasteiger partial charge in [-0.2, -0.15) is 0 Å². The second-order valence-corrected chi connectivity index (χ2v) is 9.53. The van der Waals surface area contributed by atoms with Gasteiger partial charge in [0.25, 0.3) is 0 Å². The fourth-order valence-electron chi connectivity index (χ4n) is 6.56. The van der Waals surface area contributed by atoms with Crippen molar-refractivity contribution in [2.75, 3.05) is 5.32 Å². The van der Waals surface area contributed by atoms with Crippen LogP contribution in [0, 0.1) is 28.4 Å². The van der Waals surface area contributed by atoms with E-state index in [9.17, 15) is 8.78 Å². The van der Waals surface area contributed by atoms with Gasteiger partial charge in [0.2, 0.25) is 0 Å². The van der Waals surface area contributed by atoms with Crippen LogP contribution in [-0.2, 0) is 0 Å². The van der Waals surface area contributed by atoms with E-state index in [1.165, 1.54) is 25.3 Å². The highest BCUT2D eigenvalue weighted by atomic mass is 32.1. The molecular formula is C19H24F2N2S. The van der Waals surface area contributed by atoms with Crippen LogP contribution in [0.25, 0.3) is 0 Å². The van der Waals surface area contributed by atoms with Gasteiger partial charge in [-0.3, -0.25) is 0 Å². The Morgan fingerprint density at radius 2 is 1.71 bits per heavy atom. The Hall–Kier alpha value is -1.23. The number of hydrogen-bond donors (Lipinski definition) is 2. The quantitative estimate of drug-likeness (QED) is 0.734. The van der Waals surface area contributed by atoms with E-state index in [-0.39, 0.29) is 5.54 Å². The zero-order valence-electron chi connectivity index (χ0n) is 14.2. The molecule has 5 heteroatoms. The lowest BCUT2D eigenvalue weighted by Crippen LogP contribution is -2.65. The Kier molecular flexibility index (Phi) is 3.48. The summed E-state index contributed by atoms with van der Waals surface area (Å²) in [5.41, 5.74) is 1.33. The molecule has 0 amide bonds. The summed E-state index contributed by atoms with van der Waals surface area (Å²) in [6, 6.07) is 3.77. The molecule has 0 heterocycles. The molecule has 4 aliphatic carbocycles. The summed E-state index contributed by atoms with van der Waals surface area (Å²) in [4.78, 5) is 0. The number of benzene rings is 1. The van der Waals surface area contributed by atoms with Crippen LogP contribution in [0.2, 0.25) is 0 Å². The summed E-state index contributed by atoms with van der Waals surface area (Å²) in [6.07, 6.45) is 7.42. The van der Waals surface area contributed by atoms with Crippen molar-refractivity contribution in [2.24, 2.45) is 16.7 Å². The van der Waals surface area contributed by atoms with Crippen LogP contribution in [0.3, 0.4) is 0 Å².